The predicted molar refractivity (Wildman–Crippen MR) is 93.1 cm³/mol. The quantitative estimate of drug-likeness (QED) is 0.701. The van der Waals surface area contributed by atoms with E-state index in [0.717, 1.165) is 16.3 Å². The van der Waals surface area contributed by atoms with E-state index in [1.807, 2.05) is 17.7 Å². The maximum Gasteiger partial charge on any atom is 0.124 e. The molecule has 0 aliphatic rings. The highest BCUT2D eigenvalue weighted by Gasteiger charge is 2.16. The summed E-state index contributed by atoms with van der Waals surface area (Å²) in [7, 11) is 0. The summed E-state index contributed by atoms with van der Waals surface area (Å²) in [5, 5.41) is 20.7. The number of benzene rings is 1. The van der Waals surface area contributed by atoms with Gasteiger partial charge < -0.3 is 10.4 Å². The van der Waals surface area contributed by atoms with Gasteiger partial charge in [0.25, 0.3) is 0 Å². The number of rotatable bonds is 6. The number of thiazole rings is 1. The van der Waals surface area contributed by atoms with Crippen molar-refractivity contribution in [2.75, 3.05) is 0 Å². The summed E-state index contributed by atoms with van der Waals surface area (Å²) in [5.74, 6) is -0.301. The first-order valence-electron chi connectivity index (χ1n) is 7.27. The molecule has 0 aliphatic heterocycles. The van der Waals surface area contributed by atoms with Gasteiger partial charge >= 0.3 is 0 Å². The van der Waals surface area contributed by atoms with Crippen LogP contribution in [0.15, 0.2) is 46.5 Å². The Balaban J connectivity index is 1.58. The fraction of sp³-hybridized carbons (Fsp3) is 0.235. The van der Waals surface area contributed by atoms with Gasteiger partial charge in [-0.05, 0) is 36.1 Å². The summed E-state index contributed by atoms with van der Waals surface area (Å²) >= 11 is 3.27. The van der Waals surface area contributed by atoms with Crippen molar-refractivity contribution in [3.05, 3.63) is 63.5 Å². The van der Waals surface area contributed by atoms with E-state index in [4.69, 9.17) is 0 Å². The molecule has 2 unspecified atom stereocenters. The molecule has 3 rings (SSSR count). The van der Waals surface area contributed by atoms with Crippen LogP contribution in [-0.4, -0.2) is 16.1 Å². The molecule has 2 atom stereocenters. The Kier molecular flexibility index (Phi) is 5.17. The second-order valence-electron chi connectivity index (χ2n) is 5.32. The maximum atomic E-state index is 12.9. The SMILES string of the molecule is CC(NCc1csc(-c2ccsc2)n1)C(O)c1ccc(F)cc1. The highest BCUT2D eigenvalue weighted by molar-refractivity contribution is 7.14. The number of aliphatic hydroxyl groups is 1. The third-order valence-electron chi connectivity index (χ3n) is 3.61. The fourth-order valence-electron chi connectivity index (χ4n) is 2.23. The number of thiophene rings is 1. The normalized spacial score (nSPS) is 13.9. The van der Waals surface area contributed by atoms with Crippen molar-refractivity contribution in [1.29, 1.82) is 0 Å². The average molecular weight is 348 g/mol. The third-order valence-corrected chi connectivity index (χ3v) is 5.23. The average Bonchev–Trinajstić information content (AvgIpc) is 3.23. The fourth-order valence-corrected chi connectivity index (χ4v) is 3.76. The lowest BCUT2D eigenvalue weighted by atomic mass is 10.0. The van der Waals surface area contributed by atoms with Crippen LogP contribution in [0.5, 0.6) is 0 Å². The minimum atomic E-state index is -0.689. The van der Waals surface area contributed by atoms with Crippen LogP contribution in [0.25, 0.3) is 10.6 Å². The van der Waals surface area contributed by atoms with Gasteiger partial charge in [-0.1, -0.05) is 12.1 Å². The predicted octanol–water partition coefficient (Wildman–Crippen LogP) is 4.22. The summed E-state index contributed by atoms with van der Waals surface area (Å²) in [6.07, 6.45) is -0.689. The molecule has 1 aromatic carbocycles. The van der Waals surface area contributed by atoms with E-state index in [-0.39, 0.29) is 11.9 Å². The summed E-state index contributed by atoms with van der Waals surface area (Å²) in [5.41, 5.74) is 2.80. The molecule has 2 heterocycles. The van der Waals surface area contributed by atoms with E-state index in [1.54, 1.807) is 34.8 Å². The second kappa shape index (κ2) is 7.31. The van der Waals surface area contributed by atoms with Crippen molar-refractivity contribution in [1.82, 2.24) is 10.3 Å². The Hall–Kier alpha value is -1.60. The molecule has 0 aliphatic carbocycles. The Morgan fingerprint density at radius 1 is 1.22 bits per heavy atom. The first-order chi connectivity index (χ1) is 11.1. The highest BCUT2D eigenvalue weighted by Crippen LogP contribution is 2.26. The van der Waals surface area contributed by atoms with E-state index in [1.165, 1.54) is 12.1 Å². The van der Waals surface area contributed by atoms with Crippen molar-refractivity contribution in [2.45, 2.75) is 25.6 Å². The van der Waals surface area contributed by atoms with Crippen LogP contribution >= 0.6 is 22.7 Å². The zero-order valence-corrected chi connectivity index (χ0v) is 14.2. The second-order valence-corrected chi connectivity index (χ2v) is 6.96. The van der Waals surface area contributed by atoms with Crippen molar-refractivity contribution < 1.29 is 9.50 Å². The molecule has 2 N–H and O–H groups in total. The van der Waals surface area contributed by atoms with Crippen LogP contribution in [0, 0.1) is 5.82 Å². The van der Waals surface area contributed by atoms with Gasteiger partial charge in [-0.15, -0.1) is 11.3 Å². The molecule has 0 saturated carbocycles. The lowest BCUT2D eigenvalue weighted by Crippen LogP contribution is -2.31. The summed E-state index contributed by atoms with van der Waals surface area (Å²) in [6.45, 7) is 2.49. The van der Waals surface area contributed by atoms with Gasteiger partial charge in [-0.3, -0.25) is 0 Å². The highest BCUT2D eigenvalue weighted by atomic mass is 32.1. The van der Waals surface area contributed by atoms with Crippen LogP contribution in [0.3, 0.4) is 0 Å². The van der Waals surface area contributed by atoms with Gasteiger partial charge in [-0.25, -0.2) is 9.37 Å². The number of hydrogen-bond acceptors (Lipinski definition) is 5. The van der Waals surface area contributed by atoms with Gasteiger partial charge in [0.05, 0.1) is 11.8 Å². The molecule has 0 saturated heterocycles. The van der Waals surface area contributed by atoms with Crippen LogP contribution in [0.1, 0.15) is 24.3 Å². The van der Waals surface area contributed by atoms with Gasteiger partial charge in [0.1, 0.15) is 10.8 Å². The molecule has 3 aromatic rings. The van der Waals surface area contributed by atoms with Crippen molar-refractivity contribution in [2.24, 2.45) is 0 Å². The number of aromatic nitrogens is 1. The minimum Gasteiger partial charge on any atom is -0.387 e. The van der Waals surface area contributed by atoms with Gasteiger partial charge in [0, 0.05) is 28.9 Å². The molecule has 2 aromatic heterocycles. The topological polar surface area (TPSA) is 45.2 Å². The summed E-state index contributed by atoms with van der Waals surface area (Å²) in [6, 6.07) is 7.83. The van der Waals surface area contributed by atoms with E-state index in [2.05, 4.69) is 21.7 Å². The standard InChI is InChI=1S/C17H17FN2OS2/c1-11(16(21)12-2-4-14(18)5-3-12)19-8-15-10-23-17(20-15)13-6-7-22-9-13/h2-7,9-11,16,19,21H,8H2,1H3. The monoisotopic (exact) mass is 348 g/mol. The first-order valence-corrected chi connectivity index (χ1v) is 9.09. The smallest absolute Gasteiger partial charge is 0.124 e. The molecule has 0 spiro atoms. The number of hydrogen-bond donors (Lipinski definition) is 2. The van der Waals surface area contributed by atoms with Gasteiger partial charge in [0.2, 0.25) is 0 Å². The molecule has 6 heteroatoms. The Bertz CT molecular complexity index is 740. The van der Waals surface area contributed by atoms with Gasteiger partial charge in [-0.2, -0.15) is 11.3 Å². The molecule has 0 bridgehead atoms. The Morgan fingerprint density at radius 3 is 2.70 bits per heavy atom. The largest absolute Gasteiger partial charge is 0.387 e. The molecular formula is C17H17FN2OS2. The van der Waals surface area contributed by atoms with Crippen LogP contribution in [-0.2, 0) is 6.54 Å². The molecule has 0 fully saturated rings. The maximum absolute atomic E-state index is 12.9. The molecule has 120 valence electrons. The molecular weight excluding hydrogens is 331 g/mol. The van der Waals surface area contributed by atoms with Crippen molar-refractivity contribution in [3.8, 4) is 10.6 Å². The van der Waals surface area contributed by atoms with Crippen LogP contribution in [0.2, 0.25) is 0 Å². The summed E-state index contributed by atoms with van der Waals surface area (Å²) in [4.78, 5) is 4.60. The first kappa shape index (κ1) is 16.3. The zero-order valence-electron chi connectivity index (χ0n) is 12.6. The third kappa shape index (κ3) is 4.03. The van der Waals surface area contributed by atoms with Gasteiger partial charge in [0.15, 0.2) is 0 Å². The van der Waals surface area contributed by atoms with Crippen molar-refractivity contribution >= 4 is 22.7 Å². The number of nitrogens with one attached hydrogen (secondary N) is 1. The van der Waals surface area contributed by atoms with E-state index in [9.17, 15) is 9.50 Å². The van der Waals surface area contributed by atoms with E-state index in [0.29, 0.717) is 12.1 Å². The number of nitrogens with zero attached hydrogens (tertiary/aromatic N) is 1. The van der Waals surface area contributed by atoms with Crippen LogP contribution < -0.4 is 5.32 Å². The minimum absolute atomic E-state index is 0.160. The summed E-state index contributed by atoms with van der Waals surface area (Å²) < 4.78 is 12.9. The number of aliphatic hydroxyl groups excluding tert-OH is 1. The number of halogens is 1. The molecule has 23 heavy (non-hydrogen) atoms. The molecule has 0 amide bonds. The molecule has 0 radical (unpaired) electrons. The zero-order chi connectivity index (χ0) is 16.2. The Morgan fingerprint density at radius 2 is 2.00 bits per heavy atom. The Labute approximate surface area is 142 Å². The van der Waals surface area contributed by atoms with E-state index < -0.39 is 6.10 Å². The van der Waals surface area contributed by atoms with E-state index >= 15 is 0 Å². The molecule has 3 nitrogen and oxygen atoms in total. The van der Waals surface area contributed by atoms with Crippen LogP contribution in [0.4, 0.5) is 4.39 Å². The lowest BCUT2D eigenvalue weighted by Gasteiger charge is -2.20. The van der Waals surface area contributed by atoms with Crippen molar-refractivity contribution in [3.63, 3.8) is 0 Å². The lowest BCUT2D eigenvalue weighted by molar-refractivity contribution is 0.135.